The molecule has 0 bridgehead atoms. The third-order valence-corrected chi connectivity index (χ3v) is 4.28. The zero-order chi connectivity index (χ0) is 16.3. The van der Waals surface area contributed by atoms with Gasteiger partial charge in [0.15, 0.2) is 0 Å². The van der Waals surface area contributed by atoms with Crippen molar-refractivity contribution in [1.82, 2.24) is 9.80 Å². The summed E-state index contributed by atoms with van der Waals surface area (Å²) in [4.78, 5) is 28.0. The largest absolute Gasteiger partial charge is 0.332 e. The number of nitrogens with zero attached hydrogens (tertiary/aromatic N) is 2. The van der Waals surface area contributed by atoms with Crippen molar-refractivity contribution in [1.29, 1.82) is 0 Å². The normalized spacial score (nSPS) is 19.2. The number of piperazine rings is 1. The monoisotopic (exact) mass is 302 g/mol. The van der Waals surface area contributed by atoms with E-state index < -0.39 is 0 Å². The Labute approximate surface area is 133 Å². The lowest BCUT2D eigenvalue weighted by Gasteiger charge is -2.38. The second kappa shape index (κ2) is 6.95. The summed E-state index contributed by atoms with van der Waals surface area (Å²) in [6, 6.07) is 7.93. The molecule has 1 fully saturated rings. The topological polar surface area (TPSA) is 40.6 Å². The smallest absolute Gasteiger partial charge is 0.245 e. The number of benzene rings is 1. The molecule has 1 heterocycles. The first-order chi connectivity index (χ1) is 10.4. The van der Waals surface area contributed by atoms with E-state index in [1.165, 1.54) is 5.56 Å². The van der Waals surface area contributed by atoms with Gasteiger partial charge in [0.2, 0.25) is 11.8 Å². The van der Waals surface area contributed by atoms with Gasteiger partial charge in [-0.05, 0) is 30.4 Å². The fraction of sp³-hybridized carbons (Fsp3) is 0.556. The predicted molar refractivity (Wildman–Crippen MR) is 87.4 cm³/mol. The van der Waals surface area contributed by atoms with Crippen molar-refractivity contribution in [3.05, 3.63) is 35.4 Å². The van der Waals surface area contributed by atoms with E-state index in [0.717, 1.165) is 12.0 Å². The van der Waals surface area contributed by atoms with Crippen molar-refractivity contribution >= 4 is 11.8 Å². The third-order valence-electron chi connectivity index (χ3n) is 4.28. The summed E-state index contributed by atoms with van der Waals surface area (Å²) in [6.45, 7) is 9.53. The molecule has 1 saturated heterocycles. The molecule has 1 aliphatic rings. The number of hydrogen-bond donors (Lipinski definition) is 0. The highest BCUT2D eigenvalue weighted by molar-refractivity contribution is 5.94. The van der Waals surface area contributed by atoms with Gasteiger partial charge in [-0.15, -0.1) is 0 Å². The lowest BCUT2D eigenvalue weighted by atomic mass is 10.0. The average Bonchev–Trinajstić information content (AvgIpc) is 2.49. The van der Waals surface area contributed by atoms with E-state index in [-0.39, 0.29) is 24.4 Å². The summed E-state index contributed by atoms with van der Waals surface area (Å²) >= 11 is 0. The molecule has 0 spiro atoms. The Morgan fingerprint density at radius 3 is 2.36 bits per heavy atom. The molecule has 1 aliphatic heterocycles. The molecule has 120 valence electrons. The predicted octanol–water partition coefficient (Wildman–Crippen LogP) is 2.78. The van der Waals surface area contributed by atoms with Crippen molar-refractivity contribution in [3.8, 4) is 0 Å². The van der Waals surface area contributed by atoms with Crippen molar-refractivity contribution in [2.24, 2.45) is 0 Å². The van der Waals surface area contributed by atoms with E-state index in [1.807, 2.05) is 13.8 Å². The Bertz CT molecular complexity index is 537. The zero-order valence-corrected chi connectivity index (χ0v) is 14.0. The quantitative estimate of drug-likeness (QED) is 0.839. The Kier molecular flexibility index (Phi) is 5.22. The number of hydrogen-bond acceptors (Lipinski definition) is 2. The molecule has 1 aromatic carbocycles. The molecule has 0 N–H and O–H groups in total. The maximum absolute atomic E-state index is 12.3. The van der Waals surface area contributed by atoms with Gasteiger partial charge < -0.3 is 9.80 Å². The zero-order valence-electron chi connectivity index (χ0n) is 14.0. The van der Waals surface area contributed by atoms with Gasteiger partial charge in [0.25, 0.3) is 0 Å². The molecule has 2 rings (SSSR count). The highest BCUT2D eigenvalue weighted by Crippen LogP contribution is 2.19. The van der Waals surface area contributed by atoms with Gasteiger partial charge in [0.05, 0.1) is 6.54 Å². The van der Waals surface area contributed by atoms with Crippen LogP contribution in [0.2, 0.25) is 0 Å². The summed E-state index contributed by atoms with van der Waals surface area (Å²) < 4.78 is 0. The molecule has 1 atom stereocenters. The maximum Gasteiger partial charge on any atom is 0.245 e. The standard InChI is InChI=1S/C18H26N2O2/c1-5-10-19-12-17(21)20(14(4)18(19)22)11-15-6-8-16(9-7-15)13(2)3/h6-9,13-14H,5,10-12H2,1-4H3/t14-/m1/s1. The number of carbonyl (C=O) groups is 2. The Hall–Kier alpha value is -1.84. The molecule has 1 aromatic rings. The lowest BCUT2D eigenvalue weighted by Crippen LogP contribution is -2.58. The van der Waals surface area contributed by atoms with E-state index >= 15 is 0 Å². The number of carbonyl (C=O) groups excluding carboxylic acids is 2. The van der Waals surface area contributed by atoms with E-state index in [4.69, 9.17) is 0 Å². The highest BCUT2D eigenvalue weighted by atomic mass is 16.2. The summed E-state index contributed by atoms with van der Waals surface area (Å²) in [5.74, 6) is 0.586. The minimum atomic E-state index is -0.377. The van der Waals surface area contributed by atoms with Gasteiger partial charge in [-0.3, -0.25) is 9.59 Å². The first-order valence-electron chi connectivity index (χ1n) is 8.11. The van der Waals surface area contributed by atoms with E-state index in [2.05, 4.69) is 38.1 Å². The molecular formula is C18H26N2O2. The fourth-order valence-corrected chi connectivity index (χ4v) is 2.83. The van der Waals surface area contributed by atoms with Crippen LogP contribution in [0, 0.1) is 0 Å². The molecule has 2 amide bonds. The van der Waals surface area contributed by atoms with Crippen LogP contribution in [0.3, 0.4) is 0 Å². The Morgan fingerprint density at radius 1 is 1.18 bits per heavy atom. The van der Waals surface area contributed by atoms with Gasteiger partial charge in [0, 0.05) is 13.1 Å². The van der Waals surface area contributed by atoms with Gasteiger partial charge in [0.1, 0.15) is 6.04 Å². The van der Waals surface area contributed by atoms with Crippen LogP contribution in [0.4, 0.5) is 0 Å². The first-order valence-corrected chi connectivity index (χ1v) is 8.11. The maximum atomic E-state index is 12.3. The molecule has 22 heavy (non-hydrogen) atoms. The van der Waals surface area contributed by atoms with E-state index in [1.54, 1.807) is 9.80 Å². The first kappa shape index (κ1) is 16.5. The molecule has 4 heteroatoms. The molecule has 0 radical (unpaired) electrons. The number of amides is 2. The van der Waals surface area contributed by atoms with Gasteiger partial charge in [-0.25, -0.2) is 0 Å². The van der Waals surface area contributed by atoms with Gasteiger partial charge in [-0.2, -0.15) is 0 Å². The Balaban J connectivity index is 2.09. The van der Waals surface area contributed by atoms with Crippen molar-refractivity contribution in [2.75, 3.05) is 13.1 Å². The van der Waals surface area contributed by atoms with Crippen LogP contribution in [0.25, 0.3) is 0 Å². The summed E-state index contributed by atoms with van der Waals surface area (Å²) in [5, 5.41) is 0. The van der Waals surface area contributed by atoms with Crippen molar-refractivity contribution in [2.45, 2.75) is 52.6 Å². The molecular weight excluding hydrogens is 276 g/mol. The van der Waals surface area contributed by atoms with Crippen LogP contribution in [0.15, 0.2) is 24.3 Å². The van der Waals surface area contributed by atoms with Crippen LogP contribution in [0.5, 0.6) is 0 Å². The van der Waals surface area contributed by atoms with Crippen LogP contribution >= 0.6 is 0 Å². The molecule has 0 aromatic heterocycles. The van der Waals surface area contributed by atoms with Crippen molar-refractivity contribution in [3.63, 3.8) is 0 Å². The van der Waals surface area contributed by atoms with Crippen LogP contribution in [-0.2, 0) is 16.1 Å². The summed E-state index contributed by atoms with van der Waals surface area (Å²) in [6.07, 6.45) is 0.877. The third kappa shape index (κ3) is 3.49. The van der Waals surface area contributed by atoms with Crippen LogP contribution in [0.1, 0.15) is 51.2 Å². The molecule has 0 unspecified atom stereocenters. The lowest BCUT2D eigenvalue weighted by molar-refractivity contribution is -0.155. The van der Waals surface area contributed by atoms with Crippen molar-refractivity contribution < 1.29 is 9.59 Å². The summed E-state index contributed by atoms with van der Waals surface area (Å²) in [5.41, 5.74) is 2.35. The fourth-order valence-electron chi connectivity index (χ4n) is 2.83. The number of rotatable bonds is 5. The van der Waals surface area contributed by atoms with Crippen LogP contribution in [-0.4, -0.2) is 40.7 Å². The second-order valence-electron chi connectivity index (χ2n) is 6.35. The Morgan fingerprint density at radius 2 is 1.82 bits per heavy atom. The molecule has 0 saturated carbocycles. The highest BCUT2D eigenvalue weighted by Gasteiger charge is 2.35. The molecule has 0 aliphatic carbocycles. The SMILES string of the molecule is CCCN1CC(=O)N(Cc2ccc(C(C)C)cc2)[C@H](C)C1=O. The second-order valence-corrected chi connectivity index (χ2v) is 6.35. The van der Waals surface area contributed by atoms with Gasteiger partial charge >= 0.3 is 0 Å². The average molecular weight is 302 g/mol. The van der Waals surface area contributed by atoms with E-state index in [0.29, 0.717) is 19.0 Å². The van der Waals surface area contributed by atoms with Gasteiger partial charge in [-0.1, -0.05) is 45.0 Å². The van der Waals surface area contributed by atoms with Crippen LogP contribution < -0.4 is 0 Å². The van der Waals surface area contributed by atoms with E-state index in [9.17, 15) is 9.59 Å². The molecule has 4 nitrogen and oxygen atoms in total. The summed E-state index contributed by atoms with van der Waals surface area (Å²) in [7, 11) is 0. The minimum absolute atomic E-state index is 0.0356. The minimum Gasteiger partial charge on any atom is -0.332 e.